The van der Waals surface area contributed by atoms with Crippen molar-refractivity contribution in [2.75, 3.05) is 6.61 Å². The first-order valence-electron chi connectivity index (χ1n) is 12.2. The minimum absolute atomic E-state index is 0.00299. The van der Waals surface area contributed by atoms with Gasteiger partial charge in [-0.2, -0.15) is 0 Å². The molecule has 5 rings (SSSR count). The number of Topliss-reactive ketones (excluding diaryl/α,β-unsaturated/α-hetero) is 1. The molecule has 0 unspecified atom stereocenters. The number of benzene rings is 2. The monoisotopic (exact) mass is 490 g/mol. The number of rotatable bonds is 8. The van der Waals surface area contributed by atoms with Crippen LogP contribution < -0.4 is 11.2 Å². The van der Waals surface area contributed by atoms with E-state index in [0.29, 0.717) is 12.2 Å². The highest BCUT2D eigenvalue weighted by Crippen LogP contribution is 2.52. The van der Waals surface area contributed by atoms with Crippen LogP contribution in [0.15, 0.2) is 76.4 Å². The van der Waals surface area contributed by atoms with Gasteiger partial charge in [0.25, 0.3) is 5.56 Å². The first-order valence-corrected chi connectivity index (χ1v) is 12.2. The van der Waals surface area contributed by atoms with Crippen molar-refractivity contribution in [1.82, 2.24) is 9.55 Å². The van der Waals surface area contributed by atoms with Crippen LogP contribution in [0.2, 0.25) is 0 Å². The van der Waals surface area contributed by atoms with Crippen LogP contribution in [0.4, 0.5) is 0 Å². The molecule has 188 valence electrons. The standard InChI is InChI=1S/C28H30N2O6/c1-18-13-22(31)28(17-34-15-20-9-5-3-6-10-20)24(35-16-21-11-7-4-8-12-21)23(18)26(36-28)30-14-19(2)25(32)29-27(30)33/h3-12,14,18,23-24,26H,13,15-17H2,1-2H3,(H,29,32,33)/t18-,23-,24+,26-,28+/m1/s1. The average molecular weight is 491 g/mol. The average Bonchev–Trinajstić information content (AvgIpc) is 3.15. The summed E-state index contributed by atoms with van der Waals surface area (Å²) < 4.78 is 20.4. The van der Waals surface area contributed by atoms with E-state index in [1.54, 1.807) is 6.92 Å². The van der Waals surface area contributed by atoms with Crippen LogP contribution >= 0.6 is 0 Å². The fraction of sp³-hybridized carbons (Fsp3) is 0.393. The molecule has 2 aliphatic rings. The Morgan fingerprint density at radius 2 is 1.64 bits per heavy atom. The molecule has 1 aromatic heterocycles. The van der Waals surface area contributed by atoms with E-state index in [9.17, 15) is 14.4 Å². The lowest BCUT2D eigenvalue weighted by Gasteiger charge is -2.39. The van der Waals surface area contributed by atoms with Crippen LogP contribution in [0.3, 0.4) is 0 Å². The molecule has 1 aliphatic carbocycles. The summed E-state index contributed by atoms with van der Waals surface area (Å²) >= 11 is 0. The normalized spacial score (nSPS) is 27.3. The molecule has 8 nitrogen and oxygen atoms in total. The van der Waals surface area contributed by atoms with Crippen molar-refractivity contribution >= 4 is 5.78 Å². The summed E-state index contributed by atoms with van der Waals surface area (Å²) in [4.78, 5) is 40.8. The Labute approximate surface area is 208 Å². The molecule has 2 fully saturated rings. The number of fused-ring (bicyclic) bond motifs is 2. The molecule has 2 bridgehead atoms. The maximum atomic E-state index is 13.6. The zero-order chi connectivity index (χ0) is 25.3. The highest BCUT2D eigenvalue weighted by molar-refractivity contribution is 5.90. The van der Waals surface area contributed by atoms with Crippen LogP contribution in [-0.4, -0.2) is 33.6 Å². The van der Waals surface area contributed by atoms with Gasteiger partial charge < -0.3 is 14.2 Å². The topological polar surface area (TPSA) is 99.6 Å². The summed E-state index contributed by atoms with van der Waals surface area (Å²) in [6, 6.07) is 19.4. The Morgan fingerprint density at radius 1 is 1.00 bits per heavy atom. The summed E-state index contributed by atoms with van der Waals surface area (Å²) in [5, 5.41) is 0. The van der Waals surface area contributed by atoms with Gasteiger partial charge in [-0.1, -0.05) is 67.6 Å². The quantitative estimate of drug-likeness (QED) is 0.521. The number of carbonyl (C=O) groups excluding carboxylic acids is 1. The smallest absolute Gasteiger partial charge is 0.330 e. The van der Waals surface area contributed by atoms with Gasteiger partial charge in [-0.05, 0) is 24.0 Å². The molecule has 0 spiro atoms. The summed E-state index contributed by atoms with van der Waals surface area (Å²) in [7, 11) is 0. The van der Waals surface area contributed by atoms with Gasteiger partial charge in [0, 0.05) is 24.1 Å². The zero-order valence-electron chi connectivity index (χ0n) is 20.4. The van der Waals surface area contributed by atoms with E-state index in [-0.39, 0.29) is 37.3 Å². The molecule has 36 heavy (non-hydrogen) atoms. The predicted molar refractivity (Wildman–Crippen MR) is 132 cm³/mol. The Bertz CT molecular complexity index is 1340. The van der Waals surface area contributed by atoms with E-state index < -0.39 is 29.2 Å². The Balaban J connectivity index is 1.50. The summed E-state index contributed by atoms with van der Waals surface area (Å²) in [6.07, 6.45) is 0.374. The third-order valence-electron chi connectivity index (χ3n) is 7.23. The van der Waals surface area contributed by atoms with E-state index in [1.807, 2.05) is 67.6 Å². The lowest BCUT2D eigenvalue weighted by molar-refractivity contribution is -0.179. The van der Waals surface area contributed by atoms with Crippen molar-refractivity contribution in [2.24, 2.45) is 11.8 Å². The first kappa shape index (κ1) is 24.4. The second kappa shape index (κ2) is 9.97. The molecule has 3 aromatic rings. The van der Waals surface area contributed by atoms with Crippen LogP contribution in [-0.2, 0) is 32.2 Å². The van der Waals surface area contributed by atoms with Gasteiger partial charge in [0.05, 0.1) is 19.8 Å². The highest BCUT2D eigenvalue weighted by atomic mass is 16.6. The third kappa shape index (κ3) is 4.48. The fourth-order valence-corrected chi connectivity index (χ4v) is 5.34. The SMILES string of the molecule is Cc1cn([C@@H]2O[C@@]3(COCc4ccccc4)C(=O)C[C@@H](C)[C@@H]2[C@@H]3OCc2ccccc2)c(=O)[nH]c1=O. The van der Waals surface area contributed by atoms with E-state index in [2.05, 4.69) is 4.98 Å². The Kier molecular flexibility index (Phi) is 6.75. The minimum Gasteiger partial charge on any atom is -0.373 e. The van der Waals surface area contributed by atoms with Gasteiger partial charge in [-0.15, -0.1) is 0 Å². The van der Waals surface area contributed by atoms with Gasteiger partial charge >= 0.3 is 5.69 Å². The van der Waals surface area contributed by atoms with Crippen molar-refractivity contribution in [3.05, 3.63) is 104 Å². The lowest BCUT2D eigenvalue weighted by atomic mass is 9.71. The fourth-order valence-electron chi connectivity index (χ4n) is 5.34. The molecule has 2 aromatic carbocycles. The summed E-state index contributed by atoms with van der Waals surface area (Å²) in [6.45, 7) is 4.20. The number of aromatic nitrogens is 2. The molecule has 1 saturated carbocycles. The molecule has 1 aliphatic heterocycles. The van der Waals surface area contributed by atoms with Gasteiger partial charge in [-0.3, -0.25) is 19.1 Å². The highest BCUT2D eigenvalue weighted by Gasteiger charge is 2.65. The van der Waals surface area contributed by atoms with Crippen molar-refractivity contribution in [2.45, 2.75) is 51.4 Å². The van der Waals surface area contributed by atoms with Gasteiger partial charge in [0.1, 0.15) is 12.3 Å². The molecular formula is C28H30N2O6. The second-order valence-electron chi connectivity index (χ2n) is 9.75. The maximum absolute atomic E-state index is 13.6. The number of nitrogens with one attached hydrogen (secondary N) is 1. The van der Waals surface area contributed by atoms with Crippen LogP contribution in [0.25, 0.3) is 0 Å². The number of hydrogen-bond acceptors (Lipinski definition) is 6. The van der Waals surface area contributed by atoms with Gasteiger partial charge in [0.15, 0.2) is 11.4 Å². The van der Waals surface area contributed by atoms with Gasteiger partial charge in [-0.25, -0.2) is 4.79 Å². The van der Waals surface area contributed by atoms with Crippen LogP contribution in [0.1, 0.15) is 36.3 Å². The maximum Gasteiger partial charge on any atom is 0.330 e. The van der Waals surface area contributed by atoms with E-state index in [4.69, 9.17) is 14.2 Å². The second-order valence-corrected chi connectivity index (χ2v) is 9.75. The third-order valence-corrected chi connectivity index (χ3v) is 7.23. The summed E-state index contributed by atoms with van der Waals surface area (Å²) in [5.41, 5.74) is -0.0595. The number of ether oxygens (including phenoxy) is 3. The molecular weight excluding hydrogens is 460 g/mol. The molecule has 1 saturated heterocycles. The van der Waals surface area contributed by atoms with Crippen molar-refractivity contribution in [1.29, 1.82) is 0 Å². The van der Waals surface area contributed by atoms with E-state index in [0.717, 1.165) is 11.1 Å². The number of nitrogens with zero attached hydrogens (tertiary/aromatic N) is 1. The lowest BCUT2D eigenvalue weighted by Crippen LogP contribution is -2.57. The number of ketones is 1. The number of aromatic amines is 1. The molecule has 1 N–H and O–H groups in total. The molecule has 5 atom stereocenters. The number of aryl methyl sites for hydroxylation is 1. The van der Waals surface area contributed by atoms with E-state index in [1.165, 1.54) is 10.8 Å². The molecule has 2 heterocycles. The zero-order valence-corrected chi connectivity index (χ0v) is 20.4. The number of hydrogen-bond donors (Lipinski definition) is 1. The summed E-state index contributed by atoms with van der Waals surface area (Å²) in [5.74, 6) is -0.504. The number of carbonyl (C=O) groups is 1. The predicted octanol–water partition coefficient (Wildman–Crippen LogP) is 3.14. The van der Waals surface area contributed by atoms with Crippen molar-refractivity contribution < 1.29 is 19.0 Å². The van der Waals surface area contributed by atoms with Crippen LogP contribution in [0.5, 0.6) is 0 Å². The van der Waals surface area contributed by atoms with E-state index >= 15 is 0 Å². The van der Waals surface area contributed by atoms with Gasteiger partial charge in [0.2, 0.25) is 0 Å². The first-order chi connectivity index (χ1) is 17.4. The largest absolute Gasteiger partial charge is 0.373 e. The Hall–Kier alpha value is -3.33. The van der Waals surface area contributed by atoms with Crippen LogP contribution in [0, 0.1) is 18.8 Å². The Morgan fingerprint density at radius 3 is 2.31 bits per heavy atom. The molecule has 0 amide bonds. The minimum atomic E-state index is -1.37. The molecule has 8 heteroatoms. The number of H-pyrrole nitrogens is 1. The van der Waals surface area contributed by atoms with Crippen molar-refractivity contribution in [3.8, 4) is 0 Å². The molecule has 0 radical (unpaired) electrons. The van der Waals surface area contributed by atoms with Crippen molar-refractivity contribution in [3.63, 3.8) is 0 Å².